The first-order valence-electron chi connectivity index (χ1n) is 7.38. The maximum atomic E-state index is 12.2. The van der Waals surface area contributed by atoms with E-state index in [9.17, 15) is 9.59 Å². The minimum atomic E-state index is -0.580. The Bertz CT molecular complexity index is 513. The fourth-order valence-corrected chi connectivity index (χ4v) is 1.88. The van der Waals surface area contributed by atoms with Crippen molar-refractivity contribution < 1.29 is 23.5 Å². The Morgan fingerprint density at radius 1 is 1.32 bits per heavy atom. The van der Waals surface area contributed by atoms with Gasteiger partial charge in [-0.25, -0.2) is 4.79 Å². The smallest absolute Gasteiger partial charge is 0.374 e. The largest absolute Gasteiger partial charge is 0.460 e. The van der Waals surface area contributed by atoms with E-state index in [-0.39, 0.29) is 24.8 Å². The van der Waals surface area contributed by atoms with Crippen molar-refractivity contribution in [3.8, 4) is 0 Å². The summed E-state index contributed by atoms with van der Waals surface area (Å²) in [5.41, 5.74) is 5.30. The monoisotopic (exact) mass is 311 g/mol. The number of carbonyl (C=O) groups is 2. The molecule has 0 aromatic carbocycles. The van der Waals surface area contributed by atoms with Crippen molar-refractivity contribution in [3.63, 3.8) is 0 Å². The number of hydrogen-bond donors (Lipinski definition) is 1. The van der Waals surface area contributed by atoms with Crippen molar-refractivity contribution in [2.24, 2.45) is 11.7 Å². The van der Waals surface area contributed by atoms with Crippen LogP contribution in [0.3, 0.4) is 0 Å². The fraction of sp³-hybridized carbons (Fsp3) is 0.625. The fourth-order valence-electron chi connectivity index (χ4n) is 1.88. The second-order valence-electron chi connectivity index (χ2n) is 6.19. The summed E-state index contributed by atoms with van der Waals surface area (Å²) in [5, 5.41) is 0. The van der Waals surface area contributed by atoms with E-state index in [0.29, 0.717) is 5.76 Å². The highest BCUT2D eigenvalue weighted by Crippen LogP contribution is 2.19. The zero-order valence-corrected chi connectivity index (χ0v) is 13.8. The first-order valence-corrected chi connectivity index (χ1v) is 7.38. The van der Waals surface area contributed by atoms with Gasteiger partial charge in [0, 0.05) is 12.5 Å². The van der Waals surface area contributed by atoms with Crippen LogP contribution in [0.15, 0.2) is 16.5 Å². The minimum absolute atomic E-state index is 0.115. The highest BCUT2D eigenvalue weighted by atomic mass is 16.6. The molecule has 124 valence electrons. The third-order valence-corrected chi connectivity index (χ3v) is 2.90. The van der Waals surface area contributed by atoms with Crippen LogP contribution in [-0.4, -0.2) is 30.2 Å². The third-order valence-electron chi connectivity index (χ3n) is 2.90. The van der Waals surface area contributed by atoms with Crippen LogP contribution in [0.4, 0.5) is 0 Å². The Hall–Kier alpha value is -1.82. The summed E-state index contributed by atoms with van der Waals surface area (Å²) in [6.45, 7) is 9.13. The van der Waals surface area contributed by atoms with Crippen LogP contribution in [0.25, 0.3) is 0 Å². The van der Waals surface area contributed by atoms with Crippen molar-refractivity contribution in [1.29, 1.82) is 0 Å². The zero-order chi connectivity index (χ0) is 16.9. The van der Waals surface area contributed by atoms with E-state index >= 15 is 0 Å². The number of rotatable bonds is 6. The number of furan rings is 1. The lowest BCUT2D eigenvalue weighted by molar-refractivity contribution is -0.160. The lowest BCUT2D eigenvalue weighted by Crippen LogP contribution is -2.39. The molecule has 0 fully saturated rings. The van der Waals surface area contributed by atoms with Crippen molar-refractivity contribution in [2.45, 2.75) is 52.7 Å². The molecule has 0 spiro atoms. The van der Waals surface area contributed by atoms with Crippen LogP contribution >= 0.6 is 0 Å². The quantitative estimate of drug-likeness (QED) is 0.810. The molecule has 22 heavy (non-hydrogen) atoms. The van der Waals surface area contributed by atoms with E-state index in [2.05, 4.69) is 0 Å². The van der Waals surface area contributed by atoms with Crippen LogP contribution in [-0.2, 0) is 20.7 Å². The Labute approximate surface area is 130 Å². The topological polar surface area (TPSA) is 91.8 Å². The summed E-state index contributed by atoms with van der Waals surface area (Å²) < 4.78 is 15.7. The van der Waals surface area contributed by atoms with Crippen LogP contribution in [0.2, 0.25) is 0 Å². The molecule has 6 nitrogen and oxygen atoms in total. The number of esters is 2. The van der Waals surface area contributed by atoms with Crippen molar-refractivity contribution in [2.75, 3.05) is 6.61 Å². The van der Waals surface area contributed by atoms with E-state index in [0.717, 1.165) is 0 Å². The summed E-state index contributed by atoms with van der Waals surface area (Å²) in [5.74, 6) is -0.832. The predicted octanol–water partition coefficient (Wildman–Crippen LogP) is 2.30. The molecule has 1 rings (SSSR count). The Balaban J connectivity index is 2.80. The number of nitrogens with two attached hydrogens (primary N) is 1. The van der Waals surface area contributed by atoms with Gasteiger partial charge in [0.1, 0.15) is 11.4 Å². The molecular formula is C16H25NO5. The molecule has 0 bridgehead atoms. The maximum Gasteiger partial charge on any atom is 0.374 e. The van der Waals surface area contributed by atoms with E-state index in [4.69, 9.17) is 19.6 Å². The van der Waals surface area contributed by atoms with Gasteiger partial charge < -0.3 is 19.6 Å². The standard InChI is InChI=1S/C16H25NO5/c1-6-20-15(19)13-8-7-11(21-13)9-12(10(2)17)14(18)22-16(3,4)5/h7-8,10,12H,6,9,17H2,1-5H3. The molecule has 0 aliphatic heterocycles. The molecule has 0 aliphatic rings. The summed E-state index contributed by atoms with van der Waals surface area (Å²) in [4.78, 5) is 23.8. The summed E-state index contributed by atoms with van der Waals surface area (Å²) in [6.07, 6.45) is 0.270. The molecule has 1 aromatic rings. The summed E-state index contributed by atoms with van der Waals surface area (Å²) in [7, 11) is 0. The average Bonchev–Trinajstić information content (AvgIpc) is 2.82. The van der Waals surface area contributed by atoms with Gasteiger partial charge in [-0.3, -0.25) is 4.79 Å². The van der Waals surface area contributed by atoms with Gasteiger partial charge in [-0.2, -0.15) is 0 Å². The average molecular weight is 311 g/mol. The van der Waals surface area contributed by atoms with Gasteiger partial charge in [-0.1, -0.05) is 0 Å². The lowest BCUT2D eigenvalue weighted by atomic mass is 9.96. The molecule has 0 aliphatic carbocycles. The normalized spacial score (nSPS) is 14.3. The lowest BCUT2D eigenvalue weighted by Gasteiger charge is -2.25. The van der Waals surface area contributed by atoms with E-state index in [1.54, 1.807) is 40.7 Å². The predicted molar refractivity (Wildman–Crippen MR) is 81.4 cm³/mol. The Morgan fingerprint density at radius 2 is 1.95 bits per heavy atom. The molecule has 2 atom stereocenters. The van der Waals surface area contributed by atoms with Crippen molar-refractivity contribution in [3.05, 3.63) is 23.7 Å². The summed E-state index contributed by atoms with van der Waals surface area (Å²) in [6, 6.07) is 2.78. The maximum absolute atomic E-state index is 12.2. The molecule has 0 saturated carbocycles. The van der Waals surface area contributed by atoms with Crippen molar-refractivity contribution >= 4 is 11.9 Å². The van der Waals surface area contributed by atoms with Crippen LogP contribution in [0, 0.1) is 5.92 Å². The van der Waals surface area contributed by atoms with Crippen molar-refractivity contribution in [1.82, 2.24) is 0 Å². The molecule has 6 heteroatoms. The molecular weight excluding hydrogens is 286 g/mol. The van der Waals surface area contributed by atoms with Gasteiger partial charge >= 0.3 is 11.9 Å². The highest BCUT2D eigenvalue weighted by molar-refractivity contribution is 5.86. The van der Waals surface area contributed by atoms with Gasteiger partial charge in [0.05, 0.1) is 12.5 Å². The van der Waals surface area contributed by atoms with Gasteiger partial charge in [0.25, 0.3) is 0 Å². The molecule has 1 heterocycles. The van der Waals surface area contributed by atoms with Crippen LogP contribution in [0.1, 0.15) is 50.9 Å². The molecule has 0 radical (unpaired) electrons. The molecule has 0 amide bonds. The van der Waals surface area contributed by atoms with Crippen LogP contribution in [0.5, 0.6) is 0 Å². The van der Waals surface area contributed by atoms with E-state index in [1.807, 2.05) is 0 Å². The SMILES string of the molecule is CCOC(=O)c1ccc(CC(C(=O)OC(C)(C)C)C(C)N)o1. The van der Waals surface area contributed by atoms with Gasteiger partial charge in [0.15, 0.2) is 0 Å². The zero-order valence-electron chi connectivity index (χ0n) is 13.8. The minimum Gasteiger partial charge on any atom is -0.460 e. The van der Waals surface area contributed by atoms with Gasteiger partial charge in [-0.05, 0) is 46.8 Å². The van der Waals surface area contributed by atoms with E-state index in [1.165, 1.54) is 6.07 Å². The molecule has 2 N–H and O–H groups in total. The Morgan fingerprint density at radius 3 is 2.45 bits per heavy atom. The first kappa shape index (κ1) is 18.2. The number of carbonyl (C=O) groups excluding carboxylic acids is 2. The summed E-state index contributed by atoms with van der Waals surface area (Å²) >= 11 is 0. The molecule has 2 unspecified atom stereocenters. The third kappa shape index (κ3) is 5.52. The Kier molecular flexibility index (Phi) is 6.17. The van der Waals surface area contributed by atoms with Crippen LogP contribution < -0.4 is 5.73 Å². The van der Waals surface area contributed by atoms with Gasteiger partial charge in [0.2, 0.25) is 5.76 Å². The number of ether oxygens (including phenoxy) is 2. The van der Waals surface area contributed by atoms with Gasteiger partial charge in [-0.15, -0.1) is 0 Å². The number of hydrogen-bond acceptors (Lipinski definition) is 6. The second-order valence-corrected chi connectivity index (χ2v) is 6.19. The molecule has 1 aromatic heterocycles. The highest BCUT2D eigenvalue weighted by Gasteiger charge is 2.29. The van der Waals surface area contributed by atoms with E-state index < -0.39 is 23.5 Å². The molecule has 0 saturated heterocycles. The first-order chi connectivity index (χ1) is 10.1. The second kappa shape index (κ2) is 7.45.